The number of carbonyl (C=O) groups is 2. The third-order valence-electron chi connectivity index (χ3n) is 3.56. The molecular formula is C18H16ClN3O2S2. The van der Waals surface area contributed by atoms with Crippen LogP contribution in [0.25, 0.3) is 9.88 Å². The molecule has 2 aromatic heterocycles. The molecule has 0 aliphatic carbocycles. The second-order valence-electron chi connectivity index (χ2n) is 5.61. The largest absolute Gasteiger partial charge is 0.332 e. The molecule has 1 N–H and O–H groups in total. The van der Waals surface area contributed by atoms with Crippen molar-refractivity contribution in [3.05, 3.63) is 57.4 Å². The Kier molecular flexibility index (Phi) is 5.70. The van der Waals surface area contributed by atoms with E-state index in [9.17, 15) is 9.59 Å². The Morgan fingerprint density at radius 2 is 1.88 bits per heavy atom. The quantitative estimate of drug-likeness (QED) is 0.677. The van der Waals surface area contributed by atoms with Crippen molar-refractivity contribution in [2.24, 2.45) is 0 Å². The van der Waals surface area contributed by atoms with Crippen LogP contribution in [0.1, 0.15) is 15.4 Å². The average molecular weight is 406 g/mol. The van der Waals surface area contributed by atoms with E-state index >= 15 is 0 Å². The number of benzene rings is 1. The summed E-state index contributed by atoms with van der Waals surface area (Å²) in [4.78, 5) is 32.1. The van der Waals surface area contributed by atoms with Crippen molar-refractivity contribution in [2.45, 2.75) is 6.92 Å². The minimum Gasteiger partial charge on any atom is -0.332 e. The molecule has 8 heteroatoms. The van der Waals surface area contributed by atoms with E-state index in [1.165, 1.54) is 27.6 Å². The van der Waals surface area contributed by atoms with Crippen LogP contribution in [-0.4, -0.2) is 35.3 Å². The van der Waals surface area contributed by atoms with Gasteiger partial charge in [-0.05, 0) is 31.2 Å². The monoisotopic (exact) mass is 405 g/mol. The van der Waals surface area contributed by atoms with Gasteiger partial charge in [-0.25, -0.2) is 4.98 Å². The predicted molar refractivity (Wildman–Crippen MR) is 107 cm³/mol. The molecule has 1 aromatic carbocycles. The first-order chi connectivity index (χ1) is 12.4. The van der Waals surface area contributed by atoms with Crippen LogP contribution in [0, 0.1) is 6.92 Å². The summed E-state index contributed by atoms with van der Waals surface area (Å²) in [5, 5.41) is 3.52. The van der Waals surface area contributed by atoms with Gasteiger partial charge < -0.3 is 10.2 Å². The third kappa shape index (κ3) is 4.30. The SMILES string of the molecule is Cc1nc(-c2ccc(Cl)s2)sc1C(=O)N(C)CC(=O)Nc1ccccc1. The van der Waals surface area contributed by atoms with E-state index in [0.717, 1.165) is 9.88 Å². The predicted octanol–water partition coefficient (Wildman–Crippen LogP) is 4.54. The molecule has 134 valence electrons. The van der Waals surface area contributed by atoms with Crippen LogP contribution in [0.15, 0.2) is 42.5 Å². The molecule has 2 amide bonds. The fraction of sp³-hybridized carbons (Fsp3) is 0.167. The molecule has 3 rings (SSSR count). The highest BCUT2D eigenvalue weighted by Crippen LogP contribution is 2.35. The van der Waals surface area contributed by atoms with Crippen molar-refractivity contribution < 1.29 is 9.59 Å². The molecule has 0 fully saturated rings. The highest BCUT2D eigenvalue weighted by molar-refractivity contribution is 7.24. The number of amides is 2. The number of aromatic nitrogens is 1. The second kappa shape index (κ2) is 7.99. The van der Waals surface area contributed by atoms with Gasteiger partial charge in [0.2, 0.25) is 5.91 Å². The summed E-state index contributed by atoms with van der Waals surface area (Å²) < 4.78 is 0.676. The van der Waals surface area contributed by atoms with Crippen LogP contribution in [0.2, 0.25) is 4.34 Å². The fourth-order valence-corrected chi connectivity index (χ4v) is 4.47. The van der Waals surface area contributed by atoms with Crippen molar-refractivity contribution in [1.29, 1.82) is 0 Å². The lowest BCUT2D eigenvalue weighted by atomic mass is 10.3. The van der Waals surface area contributed by atoms with E-state index in [2.05, 4.69) is 10.3 Å². The van der Waals surface area contributed by atoms with Crippen molar-refractivity contribution >= 4 is 51.8 Å². The maximum absolute atomic E-state index is 12.7. The molecule has 0 spiro atoms. The molecule has 3 aromatic rings. The number of halogens is 1. The average Bonchev–Trinajstić information content (AvgIpc) is 3.20. The zero-order valence-electron chi connectivity index (χ0n) is 14.2. The Labute approximate surface area is 164 Å². The number of rotatable bonds is 5. The number of thiazole rings is 1. The van der Waals surface area contributed by atoms with Gasteiger partial charge >= 0.3 is 0 Å². The number of nitrogens with one attached hydrogen (secondary N) is 1. The van der Waals surface area contributed by atoms with Gasteiger partial charge in [-0.15, -0.1) is 22.7 Å². The number of likely N-dealkylation sites (N-methyl/N-ethyl adjacent to an activating group) is 1. The molecule has 0 unspecified atom stereocenters. The van der Waals surface area contributed by atoms with E-state index < -0.39 is 0 Å². The fourth-order valence-electron chi connectivity index (χ4n) is 2.31. The Hall–Kier alpha value is -2.22. The van der Waals surface area contributed by atoms with E-state index in [0.29, 0.717) is 20.6 Å². The highest BCUT2D eigenvalue weighted by atomic mass is 35.5. The van der Waals surface area contributed by atoms with Crippen LogP contribution in [0.5, 0.6) is 0 Å². The number of carbonyl (C=O) groups excluding carboxylic acids is 2. The van der Waals surface area contributed by atoms with Gasteiger partial charge in [-0.2, -0.15) is 0 Å². The summed E-state index contributed by atoms with van der Waals surface area (Å²) in [6.45, 7) is 1.76. The maximum atomic E-state index is 12.7. The first kappa shape index (κ1) is 18.6. The lowest BCUT2D eigenvalue weighted by molar-refractivity contribution is -0.116. The first-order valence-corrected chi connectivity index (χ1v) is 9.78. The molecule has 0 saturated heterocycles. The number of nitrogens with zero attached hydrogens (tertiary/aromatic N) is 2. The molecular weight excluding hydrogens is 390 g/mol. The molecule has 5 nitrogen and oxygen atoms in total. The van der Waals surface area contributed by atoms with Gasteiger partial charge in [-0.3, -0.25) is 9.59 Å². The summed E-state index contributed by atoms with van der Waals surface area (Å²) in [6.07, 6.45) is 0. The third-order valence-corrected chi connectivity index (χ3v) is 6.11. The Bertz CT molecular complexity index is 937. The van der Waals surface area contributed by atoms with Gasteiger partial charge in [0.05, 0.1) is 21.5 Å². The number of para-hydroxylation sites is 1. The lowest BCUT2D eigenvalue weighted by Gasteiger charge is -2.16. The van der Waals surface area contributed by atoms with Crippen LogP contribution in [0.4, 0.5) is 5.69 Å². The van der Waals surface area contributed by atoms with E-state index in [1.54, 1.807) is 32.2 Å². The van der Waals surface area contributed by atoms with Crippen LogP contribution in [0.3, 0.4) is 0 Å². The van der Waals surface area contributed by atoms with Gasteiger partial charge in [0.1, 0.15) is 9.88 Å². The highest BCUT2D eigenvalue weighted by Gasteiger charge is 2.21. The summed E-state index contributed by atoms with van der Waals surface area (Å²) in [6, 6.07) is 12.8. The molecule has 0 radical (unpaired) electrons. The Morgan fingerprint density at radius 1 is 1.15 bits per heavy atom. The first-order valence-electron chi connectivity index (χ1n) is 7.77. The van der Waals surface area contributed by atoms with Crippen molar-refractivity contribution in [3.8, 4) is 9.88 Å². The molecule has 2 heterocycles. The molecule has 0 atom stereocenters. The summed E-state index contributed by atoms with van der Waals surface area (Å²) in [5.74, 6) is -0.475. The summed E-state index contributed by atoms with van der Waals surface area (Å²) in [5.41, 5.74) is 1.35. The minimum absolute atomic E-state index is 0.0365. The van der Waals surface area contributed by atoms with Gasteiger partial charge in [0, 0.05) is 12.7 Å². The van der Waals surface area contributed by atoms with Gasteiger partial charge in [0.15, 0.2) is 0 Å². The number of hydrogen-bond donors (Lipinski definition) is 1. The topological polar surface area (TPSA) is 62.3 Å². The molecule has 0 saturated carbocycles. The van der Waals surface area contributed by atoms with E-state index in [-0.39, 0.29) is 18.4 Å². The Balaban J connectivity index is 1.68. The normalized spacial score (nSPS) is 10.6. The molecule has 26 heavy (non-hydrogen) atoms. The number of aryl methyl sites for hydroxylation is 1. The summed E-state index contributed by atoms with van der Waals surface area (Å²) >= 11 is 8.70. The van der Waals surface area contributed by atoms with E-state index in [4.69, 9.17) is 11.6 Å². The second-order valence-corrected chi connectivity index (χ2v) is 8.33. The van der Waals surface area contributed by atoms with Crippen molar-refractivity contribution in [2.75, 3.05) is 18.9 Å². The van der Waals surface area contributed by atoms with Crippen LogP contribution >= 0.6 is 34.3 Å². The van der Waals surface area contributed by atoms with Gasteiger partial charge in [0.25, 0.3) is 5.91 Å². The summed E-state index contributed by atoms with van der Waals surface area (Å²) in [7, 11) is 1.60. The van der Waals surface area contributed by atoms with Gasteiger partial charge in [-0.1, -0.05) is 29.8 Å². The lowest BCUT2D eigenvalue weighted by Crippen LogP contribution is -2.34. The molecule has 0 bridgehead atoms. The van der Waals surface area contributed by atoms with Crippen molar-refractivity contribution in [3.63, 3.8) is 0 Å². The number of hydrogen-bond acceptors (Lipinski definition) is 5. The molecule has 0 aliphatic heterocycles. The van der Waals surface area contributed by atoms with Crippen LogP contribution < -0.4 is 5.32 Å². The van der Waals surface area contributed by atoms with E-state index in [1.807, 2.05) is 24.3 Å². The number of thiophene rings is 1. The Morgan fingerprint density at radius 3 is 2.54 bits per heavy atom. The number of anilines is 1. The van der Waals surface area contributed by atoms with Crippen LogP contribution in [-0.2, 0) is 4.79 Å². The minimum atomic E-state index is -0.250. The zero-order chi connectivity index (χ0) is 18.7. The zero-order valence-corrected chi connectivity index (χ0v) is 16.5. The molecule has 0 aliphatic rings. The maximum Gasteiger partial charge on any atom is 0.266 e. The van der Waals surface area contributed by atoms with Crippen molar-refractivity contribution in [1.82, 2.24) is 9.88 Å². The standard InChI is InChI=1S/C18H16ClN3O2S2/c1-11-16(26-17(20-11)13-8-9-14(19)25-13)18(24)22(2)10-15(23)21-12-6-4-3-5-7-12/h3-9H,10H2,1-2H3,(H,21,23). The smallest absolute Gasteiger partial charge is 0.266 e.